The molecular weight excluding hydrogens is 254 g/mol. The van der Waals surface area contributed by atoms with Crippen LogP contribution in [0.5, 0.6) is 5.88 Å². The summed E-state index contributed by atoms with van der Waals surface area (Å²) in [7, 11) is 0. The molecule has 0 aliphatic carbocycles. The third-order valence-corrected chi connectivity index (χ3v) is 4.54. The van der Waals surface area contributed by atoms with Crippen LogP contribution in [0.2, 0.25) is 0 Å². The van der Waals surface area contributed by atoms with Gasteiger partial charge in [-0.1, -0.05) is 13.3 Å². The Hall–Kier alpha value is -1.20. The second-order valence-corrected chi connectivity index (χ2v) is 5.89. The molecule has 4 heterocycles. The van der Waals surface area contributed by atoms with E-state index in [-0.39, 0.29) is 5.92 Å². The van der Waals surface area contributed by atoms with Crippen molar-refractivity contribution in [2.45, 2.75) is 38.2 Å². The quantitative estimate of drug-likeness (QED) is 0.828. The third kappa shape index (κ3) is 2.40. The van der Waals surface area contributed by atoms with Gasteiger partial charge in [0.25, 0.3) is 0 Å². The molecule has 5 nitrogen and oxygen atoms in total. The van der Waals surface area contributed by atoms with Crippen molar-refractivity contribution in [1.82, 2.24) is 14.9 Å². The van der Waals surface area contributed by atoms with Crippen LogP contribution in [0.15, 0.2) is 12.4 Å². The highest BCUT2D eigenvalue weighted by Gasteiger charge is 2.49. The van der Waals surface area contributed by atoms with E-state index in [1.54, 1.807) is 12.4 Å². The van der Waals surface area contributed by atoms with Crippen LogP contribution in [0, 0.1) is 5.92 Å². The number of rotatable bonds is 5. The summed E-state index contributed by atoms with van der Waals surface area (Å²) in [6, 6.07) is 0. The Morgan fingerprint density at radius 2 is 2.10 bits per heavy atom. The van der Waals surface area contributed by atoms with E-state index in [1.807, 2.05) is 0 Å². The molecule has 1 unspecified atom stereocenters. The van der Waals surface area contributed by atoms with E-state index in [0.717, 1.165) is 38.8 Å². The number of ether oxygens (including phenoxy) is 1. The molecule has 0 spiro atoms. The molecular formula is C15H23N3O2. The standard InChI is InChI=1S/C15H23N3O2/c1-2-3-10-20-14-13(16-6-7-17-14)15(19)11-18-8-4-12(15)5-9-18/h6-7,12,19H,2-5,8-11H2,1H3. The van der Waals surface area contributed by atoms with Gasteiger partial charge in [0.1, 0.15) is 11.3 Å². The molecule has 0 radical (unpaired) electrons. The Labute approximate surface area is 120 Å². The maximum Gasteiger partial charge on any atom is 0.238 e. The molecule has 3 aliphatic heterocycles. The summed E-state index contributed by atoms with van der Waals surface area (Å²) < 4.78 is 5.75. The molecule has 0 aromatic carbocycles. The van der Waals surface area contributed by atoms with Gasteiger partial charge in [-0.05, 0) is 38.3 Å². The SMILES string of the molecule is CCCCOc1nccnc1C1(O)CN2CCC1CC2. The van der Waals surface area contributed by atoms with Crippen molar-refractivity contribution < 1.29 is 9.84 Å². The molecule has 1 aromatic rings. The van der Waals surface area contributed by atoms with Crippen LogP contribution in [0.1, 0.15) is 38.3 Å². The summed E-state index contributed by atoms with van der Waals surface area (Å²) in [6.45, 7) is 5.58. The second kappa shape index (κ2) is 5.66. The number of hydrogen-bond donors (Lipinski definition) is 1. The van der Waals surface area contributed by atoms with Crippen molar-refractivity contribution >= 4 is 0 Å². The van der Waals surface area contributed by atoms with Crippen LogP contribution < -0.4 is 4.74 Å². The Balaban J connectivity index is 1.85. The molecule has 3 aliphatic rings. The molecule has 1 atom stereocenters. The highest BCUT2D eigenvalue weighted by molar-refractivity contribution is 5.27. The fraction of sp³-hybridized carbons (Fsp3) is 0.733. The lowest BCUT2D eigenvalue weighted by atomic mass is 9.73. The topological polar surface area (TPSA) is 58.5 Å². The zero-order chi connectivity index (χ0) is 14.0. The van der Waals surface area contributed by atoms with Crippen molar-refractivity contribution in [1.29, 1.82) is 0 Å². The average Bonchev–Trinajstić information content (AvgIpc) is 2.49. The van der Waals surface area contributed by atoms with Crippen LogP contribution in [-0.2, 0) is 5.60 Å². The maximum absolute atomic E-state index is 11.1. The lowest BCUT2D eigenvalue weighted by Gasteiger charge is -2.49. The average molecular weight is 277 g/mol. The van der Waals surface area contributed by atoms with Gasteiger partial charge in [0.2, 0.25) is 5.88 Å². The third-order valence-electron chi connectivity index (χ3n) is 4.54. The summed E-state index contributed by atoms with van der Waals surface area (Å²) in [4.78, 5) is 11.0. The van der Waals surface area contributed by atoms with Gasteiger partial charge >= 0.3 is 0 Å². The predicted octanol–water partition coefficient (Wildman–Crippen LogP) is 1.57. The van der Waals surface area contributed by atoms with Crippen molar-refractivity contribution in [3.05, 3.63) is 18.1 Å². The van der Waals surface area contributed by atoms with Crippen LogP contribution in [0.3, 0.4) is 0 Å². The van der Waals surface area contributed by atoms with E-state index in [1.165, 1.54) is 0 Å². The number of nitrogens with zero attached hydrogens (tertiary/aromatic N) is 3. The van der Waals surface area contributed by atoms with Crippen LogP contribution >= 0.6 is 0 Å². The Bertz CT molecular complexity index is 460. The van der Waals surface area contributed by atoms with Crippen molar-refractivity contribution in [2.75, 3.05) is 26.2 Å². The molecule has 1 aromatic heterocycles. The van der Waals surface area contributed by atoms with Crippen molar-refractivity contribution in [3.63, 3.8) is 0 Å². The molecule has 3 fully saturated rings. The van der Waals surface area contributed by atoms with E-state index < -0.39 is 5.60 Å². The first kappa shape index (κ1) is 13.8. The van der Waals surface area contributed by atoms with Gasteiger partial charge < -0.3 is 14.7 Å². The molecule has 2 bridgehead atoms. The second-order valence-electron chi connectivity index (χ2n) is 5.89. The lowest BCUT2D eigenvalue weighted by Crippen LogP contribution is -2.57. The van der Waals surface area contributed by atoms with E-state index in [2.05, 4.69) is 21.8 Å². The minimum Gasteiger partial charge on any atom is -0.476 e. The minimum atomic E-state index is -0.897. The summed E-state index contributed by atoms with van der Waals surface area (Å²) in [5, 5.41) is 11.1. The van der Waals surface area contributed by atoms with Crippen LogP contribution in [0.25, 0.3) is 0 Å². The molecule has 4 rings (SSSR count). The van der Waals surface area contributed by atoms with Gasteiger partial charge in [-0.15, -0.1) is 0 Å². The van der Waals surface area contributed by atoms with Gasteiger partial charge in [-0.2, -0.15) is 0 Å². The number of aromatic nitrogens is 2. The fourth-order valence-electron chi connectivity index (χ4n) is 3.35. The molecule has 1 N–H and O–H groups in total. The predicted molar refractivity (Wildman–Crippen MR) is 75.5 cm³/mol. The Kier molecular flexibility index (Phi) is 3.89. The highest BCUT2D eigenvalue weighted by atomic mass is 16.5. The van der Waals surface area contributed by atoms with Gasteiger partial charge in [0.15, 0.2) is 0 Å². The normalized spacial score (nSPS) is 32.3. The van der Waals surface area contributed by atoms with E-state index in [4.69, 9.17) is 4.74 Å². The van der Waals surface area contributed by atoms with Crippen molar-refractivity contribution in [2.24, 2.45) is 5.92 Å². The smallest absolute Gasteiger partial charge is 0.238 e. The highest BCUT2D eigenvalue weighted by Crippen LogP contribution is 2.43. The molecule has 0 amide bonds. The summed E-state index contributed by atoms with van der Waals surface area (Å²) in [5.74, 6) is 0.787. The maximum atomic E-state index is 11.1. The Morgan fingerprint density at radius 3 is 2.75 bits per heavy atom. The van der Waals surface area contributed by atoms with Gasteiger partial charge in [0, 0.05) is 18.9 Å². The molecule has 3 saturated heterocycles. The first-order valence-electron chi connectivity index (χ1n) is 7.63. The molecule has 0 saturated carbocycles. The number of hydrogen-bond acceptors (Lipinski definition) is 5. The first-order chi connectivity index (χ1) is 9.74. The van der Waals surface area contributed by atoms with E-state index in [0.29, 0.717) is 24.7 Å². The summed E-state index contributed by atoms with van der Waals surface area (Å²) in [5.41, 5.74) is -0.266. The molecule has 5 heteroatoms. The first-order valence-corrected chi connectivity index (χ1v) is 7.63. The summed E-state index contributed by atoms with van der Waals surface area (Å²) in [6.07, 6.45) is 7.41. The van der Waals surface area contributed by atoms with Crippen molar-refractivity contribution in [3.8, 4) is 5.88 Å². The van der Waals surface area contributed by atoms with Gasteiger partial charge in [-0.3, -0.25) is 4.98 Å². The fourth-order valence-corrected chi connectivity index (χ4v) is 3.35. The minimum absolute atomic E-state index is 0.276. The Morgan fingerprint density at radius 1 is 1.35 bits per heavy atom. The zero-order valence-electron chi connectivity index (χ0n) is 12.1. The lowest BCUT2D eigenvalue weighted by molar-refractivity contribution is -0.121. The number of aliphatic hydroxyl groups is 1. The zero-order valence-corrected chi connectivity index (χ0v) is 12.1. The van der Waals surface area contributed by atoms with Crippen LogP contribution in [0.4, 0.5) is 0 Å². The van der Waals surface area contributed by atoms with Crippen LogP contribution in [-0.4, -0.2) is 46.2 Å². The van der Waals surface area contributed by atoms with E-state index >= 15 is 0 Å². The number of unbranched alkanes of at least 4 members (excludes halogenated alkanes) is 1. The molecule has 110 valence electrons. The summed E-state index contributed by atoms with van der Waals surface area (Å²) >= 11 is 0. The number of fused-ring (bicyclic) bond motifs is 3. The van der Waals surface area contributed by atoms with E-state index in [9.17, 15) is 5.11 Å². The van der Waals surface area contributed by atoms with Gasteiger partial charge in [0.05, 0.1) is 6.61 Å². The molecule has 20 heavy (non-hydrogen) atoms. The van der Waals surface area contributed by atoms with Gasteiger partial charge in [-0.25, -0.2) is 4.98 Å². The monoisotopic (exact) mass is 277 g/mol. The largest absolute Gasteiger partial charge is 0.476 e. The number of piperidine rings is 3.